The van der Waals surface area contributed by atoms with E-state index in [-0.39, 0.29) is 29.7 Å². The van der Waals surface area contributed by atoms with Crippen molar-refractivity contribution in [2.75, 3.05) is 19.6 Å². The molecule has 2 atom stereocenters. The van der Waals surface area contributed by atoms with Crippen molar-refractivity contribution >= 4 is 11.9 Å². The van der Waals surface area contributed by atoms with Crippen molar-refractivity contribution in [1.29, 1.82) is 0 Å². The second-order valence-electron chi connectivity index (χ2n) is 6.14. The van der Waals surface area contributed by atoms with Crippen molar-refractivity contribution in [3.05, 3.63) is 0 Å². The van der Waals surface area contributed by atoms with Gasteiger partial charge in [-0.05, 0) is 24.8 Å². The first-order valence-electron chi connectivity index (χ1n) is 7.03. The summed E-state index contributed by atoms with van der Waals surface area (Å²) >= 11 is 0. The molecule has 0 saturated carbocycles. The van der Waals surface area contributed by atoms with Crippen LogP contribution < -0.4 is 10.6 Å². The van der Waals surface area contributed by atoms with Crippen LogP contribution in [0.25, 0.3) is 0 Å². The molecule has 0 radical (unpaired) electrons. The fourth-order valence-electron chi connectivity index (χ4n) is 2.65. The minimum Gasteiger partial charge on any atom is -0.481 e. The molecule has 2 unspecified atom stereocenters. The zero-order valence-electron chi connectivity index (χ0n) is 12.3. The fraction of sp³-hybridized carbons (Fsp3) is 0.857. The van der Waals surface area contributed by atoms with E-state index >= 15 is 0 Å². The molecule has 5 nitrogen and oxygen atoms in total. The van der Waals surface area contributed by atoms with Crippen molar-refractivity contribution in [3.63, 3.8) is 0 Å². The molecule has 1 amide bonds. The van der Waals surface area contributed by atoms with E-state index in [0.29, 0.717) is 6.54 Å². The molecule has 0 aromatic carbocycles. The molecule has 1 rings (SSSR count). The third-order valence-corrected chi connectivity index (χ3v) is 4.35. The van der Waals surface area contributed by atoms with E-state index in [1.807, 2.05) is 27.7 Å². The Hall–Kier alpha value is -1.10. The highest BCUT2D eigenvalue weighted by Crippen LogP contribution is 2.34. The van der Waals surface area contributed by atoms with Crippen LogP contribution in [0.3, 0.4) is 0 Å². The molecule has 0 aliphatic carbocycles. The number of amides is 1. The zero-order chi connectivity index (χ0) is 14.6. The molecule has 1 heterocycles. The van der Waals surface area contributed by atoms with Crippen LogP contribution in [0.2, 0.25) is 0 Å². The van der Waals surface area contributed by atoms with Crippen molar-refractivity contribution in [1.82, 2.24) is 10.6 Å². The van der Waals surface area contributed by atoms with Crippen molar-refractivity contribution in [3.8, 4) is 0 Å². The number of rotatable bonds is 6. The molecular formula is C14H26N2O3. The molecule has 1 aliphatic rings. The van der Waals surface area contributed by atoms with Gasteiger partial charge in [0.25, 0.3) is 0 Å². The molecule has 1 saturated heterocycles. The van der Waals surface area contributed by atoms with Gasteiger partial charge in [0.15, 0.2) is 0 Å². The first-order chi connectivity index (χ1) is 8.81. The molecule has 110 valence electrons. The summed E-state index contributed by atoms with van der Waals surface area (Å²) in [6.45, 7) is 9.54. The highest BCUT2D eigenvalue weighted by molar-refractivity contribution is 5.84. The number of carbonyl (C=O) groups is 2. The monoisotopic (exact) mass is 270 g/mol. The minimum atomic E-state index is -0.849. The highest BCUT2D eigenvalue weighted by atomic mass is 16.4. The quantitative estimate of drug-likeness (QED) is 0.675. The number of carboxylic acids is 1. The van der Waals surface area contributed by atoms with Crippen LogP contribution in [0.15, 0.2) is 0 Å². The Balaban J connectivity index is 2.65. The van der Waals surface area contributed by atoms with Gasteiger partial charge in [-0.3, -0.25) is 9.59 Å². The molecule has 3 N–H and O–H groups in total. The van der Waals surface area contributed by atoms with E-state index in [1.54, 1.807) is 0 Å². The van der Waals surface area contributed by atoms with Gasteiger partial charge in [0, 0.05) is 13.1 Å². The second kappa shape index (κ2) is 6.37. The van der Waals surface area contributed by atoms with Gasteiger partial charge in [-0.15, -0.1) is 0 Å². The maximum Gasteiger partial charge on any atom is 0.308 e. The van der Waals surface area contributed by atoms with Gasteiger partial charge in [-0.25, -0.2) is 0 Å². The summed E-state index contributed by atoms with van der Waals surface area (Å²) in [6.07, 6.45) is 0.815. The van der Waals surface area contributed by atoms with Crippen LogP contribution >= 0.6 is 0 Å². The fourth-order valence-corrected chi connectivity index (χ4v) is 2.65. The Morgan fingerprint density at radius 3 is 2.32 bits per heavy atom. The molecule has 19 heavy (non-hydrogen) atoms. The summed E-state index contributed by atoms with van der Waals surface area (Å²) in [5.74, 6) is -1.14. The summed E-state index contributed by atoms with van der Waals surface area (Å²) in [4.78, 5) is 23.5. The lowest BCUT2D eigenvalue weighted by molar-refractivity contribution is -0.143. The van der Waals surface area contributed by atoms with Gasteiger partial charge in [0.05, 0.1) is 11.3 Å². The molecule has 1 fully saturated rings. The van der Waals surface area contributed by atoms with Crippen LogP contribution in [0.4, 0.5) is 0 Å². The largest absolute Gasteiger partial charge is 0.481 e. The first-order valence-corrected chi connectivity index (χ1v) is 7.03. The highest BCUT2D eigenvalue weighted by Gasteiger charge is 2.44. The summed E-state index contributed by atoms with van der Waals surface area (Å²) in [7, 11) is 0. The standard InChI is InChI=1S/C14H26N2O3/c1-9(2)11(12(17)18)7-16-13(19)14(10(3)4)5-6-15-8-14/h9-11,15H,5-8H2,1-4H3,(H,16,19)(H,17,18). The molecule has 0 spiro atoms. The zero-order valence-corrected chi connectivity index (χ0v) is 12.3. The lowest BCUT2D eigenvalue weighted by atomic mass is 9.75. The molecule has 5 heteroatoms. The summed E-state index contributed by atoms with van der Waals surface area (Å²) < 4.78 is 0. The van der Waals surface area contributed by atoms with Gasteiger partial charge in [-0.1, -0.05) is 27.7 Å². The van der Waals surface area contributed by atoms with Gasteiger partial charge in [0.1, 0.15) is 0 Å². The summed E-state index contributed by atoms with van der Waals surface area (Å²) in [5.41, 5.74) is -0.389. The smallest absolute Gasteiger partial charge is 0.308 e. The van der Waals surface area contributed by atoms with Gasteiger partial charge >= 0.3 is 5.97 Å². The van der Waals surface area contributed by atoms with Crippen molar-refractivity contribution in [2.24, 2.45) is 23.2 Å². The number of hydrogen-bond acceptors (Lipinski definition) is 3. The Bertz CT molecular complexity index is 334. The van der Waals surface area contributed by atoms with Crippen LogP contribution in [-0.4, -0.2) is 36.6 Å². The van der Waals surface area contributed by atoms with Gasteiger partial charge in [0.2, 0.25) is 5.91 Å². The SMILES string of the molecule is CC(C)C(CNC(=O)C1(C(C)C)CCNC1)C(=O)O. The number of hydrogen-bond donors (Lipinski definition) is 3. The van der Waals surface area contributed by atoms with Gasteiger partial charge < -0.3 is 15.7 Å². The normalized spacial score (nSPS) is 24.7. The van der Waals surface area contributed by atoms with Gasteiger partial charge in [-0.2, -0.15) is 0 Å². The van der Waals surface area contributed by atoms with Crippen molar-refractivity contribution in [2.45, 2.75) is 34.1 Å². The molecule has 0 aromatic rings. The predicted octanol–water partition coefficient (Wildman–Crippen LogP) is 1.10. The molecule has 0 bridgehead atoms. The summed E-state index contributed by atoms with van der Waals surface area (Å²) in [5, 5.41) is 15.2. The minimum absolute atomic E-state index is 0.00880. The van der Waals surface area contributed by atoms with Crippen LogP contribution in [0, 0.1) is 23.2 Å². The van der Waals surface area contributed by atoms with E-state index in [2.05, 4.69) is 10.6 Å². The second-order valence-corrected chi connectivity index (χ2v) is 6.14. The third-order valence-electron chi connectivity index (χ3n) is 4.35. The summed E-state index contributed by atoms with van der Waals surface area (Å²) in [6, 6.07) is 0. The number of nitrogens with one attached hydrogen (secondary N) is 2. The van der Waals surface area contributed by atoms with Crippen LogP contribution in [0.1, 0.15) is 34.1 Å². The van der Waals surface area contributed by atoms with E-state index in [1.165, 1.54) is 0 Å². The molecule has 1 aliphatic heterocycles. The topological polar surface area (TPSA) is 78.4 Å². The number of carbonyl (C=O) groups excluding carboxylic acids is 1. The molecule has 0 aromatic heterocycles. The Morgan fingerprint density at radius 2 is 1.95 bits per heavy atom. The van der Waals surface area contributed by atoms with E-state index < -0.39 is 11.9 Å². The predicted molar refractivity (Wildman–Crippen MR) is 73.7 cm³/mol. The van der Waals surface area contributed by atoms with E-state index in [4.69, 9.17) is 5.11 Å². The Morgan fingerprint density at radius 1 is 1.32 bits per heavy atom. The lowest BCUT2D eigenvalue weighted by Crippen LogP contribution is -2.48. The maximum atomic E-state index is 12.4. The maximum absolute atomic E-state index is 12.4. The third kappa shape index (κ3) is 3.47. The van der Waals surface area contributed by atoms with Crippen LogP contribution in [0.5, 0.6) is 0 Å². The number of aliphatic carboxylic acids is 1. The van der Waals surface area contributed by atoms with E-state index in [9.17, 15) is 9.59 Å². The number of carboxylic acid groups (broad SMARTS) is 1. The van der Waals surface area contributed by atoms with E-state index in [0.717, 1.165) is 13.0 Å². The Labute approximate surface area is 115 Å². The van der Waals surface area contributed by atoms with Crippen molar-refractivity contribution < 1.29 is 14.7 Å². The average Bonchev–Trinajstić information content (AvgIpc) is 2.78. The molecular weight excluding hydrogens is 244 g/mol. The van der Waals surface area contributed by atoms with Crippen LogP contribution in [-0.2, 0) is 9.59 Å². The average molecular weight is 270 g/mol. The Kier molecular flexibility index (Phi) is 5.35. The lowest BCUT2D eigenvalue weighted by Gasteiger charge is -2.31. The first kappa shape index (κ1) is 16.0.